The van der Waals surface area contributed by atoms with Crippen LogP contribution in [0.4, 0.5) is 0 Å². The number of aromatic nitrogens is 1. The smallest absolute Gasteiger partial charge is 0.272 e. The van der Waals surface area contributed by atoms with E-state index in [1.807, 2.05) is 6.07 Å². The van der Waals surface area contributed by atoms with Gasteiger partial charge in [-0.2, -0.15) is 5.26 Å². The number of hydrogen-bond donors (Lipinski definition) is 0. The Hall–Kier alpha value is -1.40. The number of pyridine rings is 1. The highest BCUT2D eigenvalue weighted by molar-refractivity contribution is 6.67. The van der Waals surface area contributed by atoms with Gasteiger partial charge in [0.2, 0.25) is 0 Å². The van der Waals surface area contributed by atoms with Crippen LogP contribution < -0.4 is 0 Å². The van der Waals surface area contributed by atoms with Crippen molar-refractivity contribution in [3.63, 3.8) is 0 Å². The van der Waals surface area contributed by atoms with Gasteiger partial charge in [0.25, 0.3) is 5.24 Å². The molecule has 0 aliphatic rings. The number of halogens is 1. The number of carbonyl (C=O) groups is 1. The van der Waals surface area contributed by atoms with Crippen LogP contribution >= 0.6 is 11.6 Å². The average molecular weight is 181 g/mol. The summed E-state index contributed by atoms with van der Waals surface area (Å²) in [4.78, 5) is 14.6. The first-order valence-electron chi connectivity index (χ1n) is 3.22. The zero-order valence-electron chi connectivity index (χ0n) is 6.34. The summed E-state index contributed by atoms with van der Waals surface area (Å²) in [5.74, 6) is 0. The lowest BCUT2D eigenvalue weighted by Crippen LogP contribution is -1.99. The maximum Gasteiger partial charge on any atom is 0.272 e. The van der Waals surface area contributed by atoms with Gasteiger partial charge in [-0.1, -0.05) is 0 Å². The van der Waals surface area contributed by atoms with Gasteiger partial charge >= 0.3 is 0 Å². The third-order valence-corrected chi connectivity index (χ3v) is 1.52. The van der Waals surface area contributed by atoms with Crippen molar-refractivity contribution < 1.29 is 4.79 Å². The van der Waals surface area contributed by atoms with Crippen molar-refractivity contribution >= 4 is 16.8 Å². The normalized spacial score (nSPS) is 9.08. The molecule has 1 aromatic heterocycles. The average Bonchev–Trinajstić information content (AvgIpc) is 2.04. The highest BCUT2D eigenvalue weighted by Crippen LogP contribution is 2.08. The van der Waals surface area contributed by atoms with Crippen LogP contribution in [0.1, 0.15) is 21.7 Å². The number of aryl methyl sites for hydroxylation is 1. The topological polar surface area (TPSA) is 53.8 Å². The van der Waals surface area contributed by atoms with E-state index in [1.165, 1.54) is 6.07 Å². The van der Waals surface area contributed by atoms with Gasteiger partial charge in [0.15, 0.2) is 0 Å². The van der Waals surface area contributed by atoms with E-state index >= 15 is 0 Å². The summed E-state index contributed by atoms with van der Waals surface area (Å²) in [6.07, 6.45) is 0. The predicted octanol–water partition coefficient (Wildman–Crippen LogP) is 1.64. The molecule has 1 aromatic rings. The third-order valence-electron chi connectivity index (χ3n) is 1.34. The minimum absolute atomic E-state index is 0.0270. The van der Waals surface area contributed by atoms with Crippen molar-refractivity contribution in [2.75, 3.05) is 0 Å². The molecule has 60 valence electrons. The molecule has 1 rings (SSSR count). The Morgan fingerprint density at radius 2 is 2.33 bits per heavy atom. The SMILES string of the molecule is Cc1ccc(C#N)c(C(=O)Cl)n1. The molecule has 3 nitrogen and oxygen atoms in total. The molecule has 0 N–H and O–H groups in total. The molecule has 0 spiro atoms. The molecule has 0 aliphatic carbocycles. The Balaban J connectivity index is 3.34. The summed E-state index contributed by atoms with van der Waals surface area (Å²) in [6.45, 7) is 1.73. The van der Waals surface area contributed by atoms with E-state index in [-0.39, 0.29) is 11.3 Å². The molecule has 0 fully saturated rings. The highest BCUT2D eigenvalue weighted by atomic mass is 35.5. The van der Waals surface area contributed by atoms with E-state index in [4.69, 9.17) is 16.9 Å². The van der Waals surface area contributed by atoms with Gasteiger partial charge in [-0.05, 0) is 30.7 Å². The number of nitrogens with zero attached hydrogens (tertiary/aromatic N) is 2. The summed E-state index contributed by atoms with van der Waals surface area (Å²) < 4.78 is 0. The fourth-order valence-corrected chi connectivity index (χ4v) is 0.941. The zero-order chi connectivity index (χ0) is 9.14. The maximum absolute atomic E-state index is 10.7. The van der Waals surface area contributed by atoms with Gasteiger partial charge < -0.3 is 0 Å². The molecule has 0 atom stereocenters. The van der Waals surface area contributed by atoms with E-state index in [1.54, 1.807) is 13.0 Å². The first-order valence-corrected chi connectivity index (χ1v) is 3.60. The lowest BCUT2D eigenvalue weighted by molar-refractivity contribution is 0.107. The van der Waals surface area contributed by atoms with E-state index in [2.05, 4.69) is 4.98 Å². The minimum Gasteiger partial charge on any atom is -0.274 e. The van der Waals surface area contributed by atoms with E-state index in [0.717, 1.165) is 0 Å². The van der Waals surface area contributed by atoms with Crippen molar-refractivity contribution in [1.82, 2.24) is 4.98 Å². The Morgan fingerprint density at radius 3 is 2.83 bits per heavy atom. The second-order valence-electron chi connectivity index (χ2n) is 2.23. The maximum atomic E-state index is 10.7. The van der Waals surface area contributed by atoms with Crippen LogP contribution in [0.5, 0.6) is 0 Å². The Labute approximate surface area is 74.6 Å². The minimum atomic E-state index is -0.699. The standard InChI is InChI=1S/C8H5ClN2O/c1-5-2-3-6(4-10)7(11-5)8(9)12/h2-3H,1H3. The first-order chi connectivity index (χ1) is 5.65. The molecule has 0 amide bonds. The molecule has 0 bridgehead atoms. The van der Waals surface area contributed by atoms with Gasteiger partial charge in [-0.15, -0.1) is 0 Å². The molecule has 0 radical (unpaired) electrons. The second kappa shape index (κ2) is 3.33. The van der Waals surface area contributed by atoms with Gasteiger partial charge in [-0.3, -0.25) is 4.79 Å². The highest BCUT2D eigenvalue weighted by Gasteiger charge is 2.09. The molecule has 0 saturated heterocycles. The van der Waals surface area contributed by atoms with Crippen LogP contribution in [0.25, 0.3) is 0 Å². The van der Waals surface area contributed by atoms with Crippen LogP contribution in [-0.2, 0) is 0 Å². The molecule has 0 aromatic carbocycles. The van der Waals surface area contributed by atoms with Crippen molar-refractivity contribution in [3.8, 4) is 6.07 Å². The van der Waals surface area contributed by atoms with Crippen molar-refractivity contribution in [3.05, 3.63) is 29.1 Å². The van der Waals surface area contributed by atoms with Crippen LogP contribution in [0.3, 0.4) is 0 Å². The van der Waals surface area contributed by atoms with Crippen LogP contribution in [0.15, 0.2) is 12.1 Å². The lowest BCUT2D eigenvalue weighted by atomic mass is 10.2. The summed E-state index contributed by atoms with van der Waals surface area (Å²) in [5.41, 5.74) is 0.901. The largest absolute Gasteiger partial charge is 0.274 e. The van der Waals surface area contributed by atoms with E-state index in [9.17, 15) is 4.79 Å². The Bertz CT molecular complexity index is 368. The molecular weight excluding hydrogens is 176 g/mol. The van der Waals surface area contributed by atoms with Crippen molar-refractivity contribution in [2.45, 2.75) is 6.92 Å². The predicted molar refractivity (Wildman–Crippen MR) is 43.9 cm³/mol. The summed E-state index contributed by atoms with van der Waals surface area (Å²) >= 11 is 5.21. The second-order valence-corrected chi connectivity index (χ2v) is 2.58. The molecular formula is C8H5ClN2O. The van der Waals surface area contributed by atoms with Gasteiger partial charge in [0.05, 0.1) is 5.56 Å². The molecule has 0 aliphatic heterocycles. The van der Waals surface area contributed by atoms with Gasteiger partial charge in [0.1, 0.15) is 11.8 Å². The number of hydrogen-bond acceptors (Lipinski definition) is 3. The molecule has 4 heteroatoms. The summed E-state index contributed by atoms with van der Waals surface area (Å²) in [7, 11) is 0. The van der Waals surface area contributed by atoms with Crippen LogP contribution in [-0.4, -0.2) is 10.2 Å². The zero-order valence-corrected chi connectivity index (χ0v) is 7.09. The summed E-state index contributed by atoms with van der Waals surface area (Å²) in [5, 5.41) is 7.86. The Morgan fingerprint density at radius 1 is 1.67 bits per heavy atom. The van der Waals surface area contributed by atoms with Crippen molar-refractivity contribution in [2.24, 2.45) is 0 Å². The monoisotopic (exact) mass is 180 g/mol. The quantitative estimate of drug-likeness (QED) is 0.618. The fourth-order valence-electron chi connectivity index (χ4n) is 0.797. The van der Waals surface area contributed by atoms with E-state index in [0.29, 0.717) is 5.69 Å². The molecule has 0 saturated carbocycles. The van der Waals surface area contributed by atoms with E-state index < -0.39 is 5.24 Å². The van der Waals surface area contributed by atoms with Gasteiger partial charge in [-0.25, -0.2) is 4.98 Å². The third kappa shape index (κ3) is 1.60. The number of carbonyl (C=O) groups excluding carboxylic acids is 1. The van der Waals surface area contributed by atoms with Crippen LogP contribution in [0, 0.1) is 18.3 Å². The lowest BCUT2D eigenvalue weighted by Gasteiger charge is -1.97. The van der Waals surface area contributed by atoms with Crippen LogP contribution in [0.2, 0.25) is 0 Å². The molecule has 1 heterocycles. The van der Waals surface area contributed by atoms with Gasteiger partial charge in [0, 0.05) is 5.69 Å². The number of rotatable bonds is 1. The first kappa shape index (κ1) is 8.69. The Kier molecular flexibility index (Phi) is 2.41. The molecule has 0 unspecified atom stereocenters. The fraction of sp³-hybridized carbons (Fsp3) is 0.125. The number of nitriles is 1. The summed E-state index contributed by atoms with van der Waals surface area (Å²) in [6, 6.07) is 5.02. The van der Waals surface area contributed by atoms with Crippen molar-refractivity contribution in [1.29, 1.82) is 5.26 Å². The molecule has 12 heavy (non-hydrogen) atoms.